The van der Waals surface area contributed by atoms with E-state index >= 15 is 0 Å². The zero-order valence-corrected chi connectivity index (χ0v) is 14.5. The Morgan fingerprint density at radius 1 is 1.26 bits per heavy atom. The molecular formula is C18H19NO2S2. The first-order chi connectivity index (χ1) is 11.1. The Hall–Kier alpha value is -1.43. The minimum Gasteiger partial charge on any atom is -0.382 e. The predicted octanol–water partition coefficient (Wildman–Crippen LogP) is 3.27. The summed E-state index contributed by atoms with van der Waals surface area (Å²) < 4.78 is 0. The highest BCUT2D eigenvalue weighted by Gasteiger charge is 2.35. The van der Waals surface area contributed by atoms with Crippen molar-refractivity contribution in [2.45, 2.75) is 16.2 Å². The Morgan fingerprint density at radius 3 is 2.83 bits per heavy atom. The van der Waals surface area contributed by atoms with Gasteiger partial charge in [0.15, 0.2) is 0 Å². The highest BCUT2D eigenvalue weighted by Crippen LogP contribution is 2.36. The molecule has 0 radical (unpaired) electrons. The summed E-state index contributed by atoms with van der Waals surface area (Å²) in [5.41, 5.74) is 1.71. The number of hydrogen-bond acceptors (Lipinski definition) is 4. The molecule has 3 nitrogen and oxygen atoms in total. The van der Waals surface area contributed by atoms with Crippen LogP contribution >= 0.6 is 23.5 Å². The quantitative estimate of drug-likeness (QED) is 0.835. The first-order valence-electron chi connectivity index (χ1n) is 7.44. The Balaban J connectivity index is 1.77. The Kier molecular flexibility index (Phi) is 4.99. The van der Waals surface area contributed by atoms with Gasteiger partial charge in [-0.05, 0) is 29.5 Å². The minimum atomic E-state index is -1.01. The monoisotopic (exact) mass is 345 g/mol. The number of hydrogen-bond donors (Lipinski definition) is 2. The number of thioether (sulfide) groups is 2. The molecule has 1 aliphatic heterocycles. The summed E-state index contributed by atoms with van der Waals surface area (Å²) in [5, 5.41) is 13.9. The maximum Gasteiger partial charge on any atom is 0.252 e. The molecule has 2 aromatic rings. The van der Waals surface area contributed by atoms with Gasteiger partial charge in [0.25, 0.3) is 5.91 Å². The van der Waals surface area contributed by atoms with Gasteiger partial charge in [-0.2, -0.15) is 11.8 Å². The van der Waals surface area contributed by atoms with Crippen molar-refractivity contribution < 1.29 is 9.90 Å². The number of nitrogens with one attached hydrogen (secondary N) is 1. The topological polar surface area (TPSA) is 49.3 Å². The molecule has 0 saturated heterocycles. The molecule has 5 heteroatoms. The minimum absolute atomic E-state index is 0.142. The number of rotatable bonds is 4. The fourth-order valence-electron chi connectivity index (χ4n) is 2.81. The number of carbonyl (C=O) groups excluding carboxylic acids is 1. The lowest BCUT2D eigenvalue weighted by atomic mass is 9.91. The first-order valence-corrected chi connectivity index (χ1v) is 9.82. The normalized spacial score (nSPS) is 19.9. The first kappa shape index (κ1) is 16.4. The van der Waals surface area contributed by atoms with Gasteiger partial charge in [0.2, 0.25) is 0 Å². The maximum atomic E-state index is 12.5. The molecule has 0 aromatic heterocycles. The summed E-state index contributed by atoms with van der Waals surface area (Å²) >= 11 is 3.24. The second-order valence-electron chi connectivity index (χ2n) is 5.56. The molecule has 0 spiro atoms. The van der Waals surface area contributed by atoms with Gasteiger partial charge in [-0.3, -0.25) is 4.79 Å². The number of aliphatic hydroxyl groups is 1. The molecule has 1 heterocycles. The molecule has 2 aromatic carbocycles. The van der Waals surface area contributed by atoms with Crippen LogP contribution in [0.4, 0.5) is 0 Å². The molecule has 0 bridgehead atoms. The third-order valence-electron chi connectivity index (χ3n) is 4.01. The van der Waals surface area contributed by atoms with Crippen LogP contribution in [0, 0.1) is 0 Å². The van der Waals surface area contributed by atoms with E-state index in [0.717, 1.165) is 21.8 Å². The van der Waals surface area contributed by atoms with Crippen LogP contribution in [0.5, 0.6) is 0 Å². The van der Waals surface area contributed by atoms with Gasteiger partial charge in [-0.1, -0.05) is 36.4 Å². The number of amides is 1. The van der Waals surface area contributed by atoms with Crippen LogP contribution in [0.2, 0.25) is 0 Å². The highest BCUT2D eigenvalue weighted by atomic mass is 32.2. The van der Waals surface area contributed by atoms with Crippen LogP contribution in [0.25, 0.3) is 0 Å². The lowest BCUT2D eigenvalue weighted by Crippen LogP contribution is -2.44. The van der Waals surface area contributed by atoms with E-state index in [1.54, 1.807) is 23.5 Å². The molecule has 1 amide bonds. The summed E-state index contributed by atoms with van der Waals surface area (Å²) in [6.07, 6.45) is 1.95. The molecule has 0 fully saturated rings. The lowest BCUT2D eigenvalue weighted by molar-refractivity contribution is 0.0551. The van der Waals surface area contributed by atoms with E-state index in [9.17, 15) is 9.90 Å². The van der Waals surface area contributed by atoms with E-state index in [0.29, 0.717) is 11.3 Å². The van der Waals surface area contributed by atoms with Crippen molar-refractivity contribution in [1.29, 1.82) is 0 Å². The van der Waals surface area contributed by atoms with E-state index in [1.807, 2.05) is 54.8 Å². The van der Waals surface area contributed by atoms with E-state index in [1.165, 1.54) is 0 Å². The largest absolute Gasteiger partial charge is 0.382 e. The van der Waals surface area contributed by atoms with Crippen molar-refractivity contribution >= 4 is 29.4 Å². The van der Waals surface area contributed by atoms with E-state index in [4.69, 9.17) is 0 Å². The summed E-state index contributed by atoms with van der Waals surface area (Å²) in [4.78, 5) is 13.4. The molecule has 1 atom stereocenters. The van der Waals surface area contributed by atoms with Crippen LogP contribution in [0.3, 0.4) is 0 Å². The van der Waals surface area contributed by atoms with E-state index in [2.05, 4.69) is 5.32 Å². The fourth-order valence-corrected chi connectivity index (χ4v) is 4.57. The number of benzene rings is 2. The Labute approximate surface area is 144 Å². The van der Waals surface area contributed by atoms with Crippen LogP contribution in [-0.4, -0.2) is 29.6 Å². The maximum absolute atomic E-state index is 12.5. The van der Waals surface area contributed by atoms with Crippen molar-refractivity contribution in [3.8, 4) is 0 Å². The van der Waals surface area contributed by atoms with Crippen LogP contribution in [0.15, 0.2) is 53.4 Å². The van der Waals surface area contributed by atoms with Crippen molar-refractivity contribution in [3.05, 3.63) is 65.2 Å². The van der Waals surface area contributed by atoms with Gasteiger partial charge in [0, 0.05) is 16.4 Å². The summed E-state index contributed by atoms with van der Waals surface area (Å²) in [6, 6.07) is 15.4. The van der Waals surface area contributed by atoms with Gasteiger partial charge in [0.05, 0.1) is 12.1 Å². The Bertz CT molecular complexity index is 720. The van der Waals surface area contributed by atoms with Crippen molar-refractivity contribution in [1.82, 2.24) is 5.32 Å². The van der Waals surface area contributed by atoms with Gasteiger partial charge >= 0.3 is 0 Å². The number of fused-ring (bicyclic) bond motifs is 1. The van der Waals surface area contributed by atoms with Gasteiger partial charge < -0.3 is 10.4 Å². The molecule has 23 heavy (non-hydrogen) atoms. The molecule has 0 saturated carbocycles. The second-order valence-corrected chi connectivity index (χ2v) is 7.40. The fraction of sp³-hybridized carbons (Fsp3) is 0.278. The number of carbonyl (C=O) groups is 1. The molecule has 3 rings (SSSR count). The van der Waals surface area contributed by atoms with Crippen molar-refractivity contribution in [3.63, 3.8) is 0 Å². The van der Waals surface area contributed by atoms with Crippen LogP contribution < -0.4 is 5.32 Å². The third-order valence-corrected chi connectivity index (χ3v) is 6.00. The smallest absolute Gasteiger partial charge is 0.252 e. The van der Waals surface area contributed by atoms with Gasteiger partial charge in [0.1, 0.15) is 5.60 Å². The molecule has 2 N–H and O–H groups in total. The summed E-state index contributed by atoms with van der Waals surface area (Å²) in [6.45, 7) is 0.221. The average molecular weight is 345 g/mol. The SMILES string of the molecule is CSc1ccccc1C(=O)NCC1(O)CSCc2ccccc21. The van der Waals surface area contributed by atoms with E-state index in [-0.39, 0.29) is 12.5 Å². The second kappa shape index (κ2) is 6.99. The van der Waals surface area contributed by atoms with Crippen LogP contribution in [0.1, 0.15) is 21.5 Å². The molecule has 1 aliphatic rings. The van der Waals surface area contributed by atoms with Gasteiger partial charge in [-0.15, -0.1) is 11.8 Å². The summed E-state index contributed by atoms with van der Waals surface area (Å²) in [5.74, 6) is 1.35. The van der Waals surface area contributed by atoms with Crippen LogP contribution in [-0.2, 0) is 11.4 Å². The zero-order valence-electron chi connectivity index (χ0n) is 12.9. The lowest BCUT2D eigenvalue weighted by Gasteiger charge is -2.34. The molecule has 0 aliphatic carbocycles. The molecule has 120 valence electrons. The standard InChI is InChI=1S/C18H19NO2S2/c1-22-16-9-5-3-7-14(16)17(20)19-11-18(21)12-23-10-13-6-2-4-8-15(13)18/h2-9,21H,10-12H2,1H3,(H,19,20). The average Bonchev–Trinajstić information content (AvgIpc) is 2.60. The highest BCUT2D eigenvalue weighted by molar-refractivity contribution is 7.98. The molecule has 1 unspecified atom stereocenters. The Morgan fingerprint density at radius 2 is 2.00 bits per heavy atom. The zero-order chi connectivity index (χ0) is 16.3. The summed E-state index contributed by atoms with van der Waals surface area (Å²) in [7, 11) is 0. The van der Waals surface area contributed by atoms with Crippen molar-refractivity contribution in [2.75, 3.05) is 18.6 Å². The van der Waals surface area contributed by atoms with E-state index < -0.39 is 5.60 Å². The molecular weight excluding hydrogens is 326 g/mol. The van der Waals surface area contributed by atoms with Crippen molar-refractivity contribution in [2.24, 2.45) is 0 Å². The third kappa shape index (κ3) is 3.42. The predicted molar refractivity (Wildman–Crippen MR) is 97.1 cm³/mol. The van der Waals surface area contributed by atoms with Gasteiger partial charge in [-0.25, -0.2) is 0 Å².